The molecule has 1 N–H and O–H groups in total. The van der Waals surface area contributed by atoms with Gasteiger partial charge in [0.1, 0.15) is 16.4 Å². The van der Waals surface area contributed by atoms with E-state index in [0.717, 1.165) is 16.7 Å². The van der Waals surface area contributed by atoms with Crippen LogP contribution in [-0.4, -0.2) is 22.6 Å². The molecule has 0 aromatic heterocycles. The number of aryl methyl sites for hydroxylation is 3. The van der Waals surface area contributed by atoms with Crippen LogP contribution in [0.4, 0.5) is 5.69 Å². The Hall–Kier alpha value is -2.21. The maximum atomic E-state index is 12.7. The van der Waals surface area contributed by atoms with E-state index in [4.69, 9.17) is 9.47 Å². The molecule has 0 spiro atoms. The van der Waals surface area contributed by atoms with Gasteiger partial charge in [-0.05, 0) is 55.7 Å². The summed E-state index contributed by atoms with van der Waals surface area (Å²) < 4.78 is 38.4. The monoisotopic (exact) mass is 335 g/mol. The molecule has 0 bridgehead atoms. The van der Waals surface area contributed by atoms with E-state index in [9.17, 15) is 8.42 Å². The van der Waals surface area contributed by atoms with E-state index in [0.29, 0.717) is 11.4 Å². The van der Waals surface area contributed by atoms with Crippen molar-refractivity contribution in [1.82, 2.24) is 0 Å². The van der Waals surface area contributed by atoms with Crippen LogP contribution in [0.15, 0.2) is 35.2 Å². The topological polar surface area (TPSA) is 64.6 Å². The molecule has 0 unspecified atom stereocenters. The molecular weight excluding hydrogens is 314 g/mol. The second-order valence-electron chi connectivity index (χ2n) is 5.38. The Kier molecular flexibility index (Phi) is 4.85. The predicted octanol–water partition coefficient (Wildman–Crippen LogP) is 3.43. The number of anilines is 1. The van der Waals surface area contributed by atoms with E-state index in [2.05, 4.69) is 4.72 Å². The van der Waals surface area contributed by atoms with Crippen LogP contribution in [0.25, 0.3) is 0 Å². The Morgan fingerprint density at radius 1 is 0.826 bits per heavy atom. The van der Waals surface area contributed by atoms with Gasteiger partial charge >= 0.3 is 0 Å². The molecular formula is C17H21NO4S. The molecule has 0 heterocycles. The van der Waals surface area contributed by atoms with Crippen LogP contribution in [0.2, 0.25) is 0 Å². The van der Waals surface area contributed by atoms with Crippen LogP contribution in [0.1, 0.15) is 16.7 Å². The predicted molar refractivity (Wildman–Crippen MR) is 91.0 cm³/mol. The van der Waals surface area contributed by atoms with Crippen molar-refractivity contribution in [3.05, 3.63) is 47.0 Å². The summed E-state index contributed by atoms with van der Waals surface area (Å²) in [6.07, 6.45) is 0. The number of nitrogens with one attached hydrogen (secondary N) is 1. The molecule has 0 saturated carbocycles. The molecule has 124 valence electrons. The summed E-state index contributed by atoms with van der Waals surface area (Å²) in [5, 5.41) is 0. The normalized spacial score (nSPS) is 11.2. The van der Waals surface area contributed by atoms with Gasteiger partial charge in [-0.2, -0.15) is 0 Å². The van der Waals surface area contributed by atoms with Gasteiger partial charge in [0.05, 0.1) is 14.2 Å². The first-order chi connectivity index (χ1) is 10.8. The number of sulfonamides is 1. The molecule has 0 amide bonds. The number of hydrogen-bond acceptors (Lipinski definition) is 4. The summed E-state index contributed by atoms with van der Waals surface area (Å²) in [5.74, 6) is 0.769. The SMILES string of the molecule is COc1cc(S(=O)(=O)Nc2ccc(C)c(C)c2)c(OC)cc1C. The van der Waals surface area contributed by atoms with Crippen LogP contribution in [0.5, 0.6) is 11.5 Å². The maximum absolute atomic E-state index is 12.7. The van der Waals surface area contributed by atoms with Crippen LogP contribution in [0, 0.1) is 20.8 Å². The Morgan fingerprint density at radius 2 is 1.48 bits per heavy atom. The van der Waals surface area contributed by atoms with Gasteiger partial charge in [0.15, 0.2) is 0 Å². The van der Waals surface area contributed by atoms with Gasteiger partial charge in [-0.25, -0.2) is 8.42 Å². The molecule has 0 aliphatic rings. The summed E-state index contributed by atoms with van der Waals surface area (Å²) in [6, 6.07) is 8.52. The van der Waals surface area contributed by atoms with Crippen LogP contribution in [0.3, 0.4) is 0 Å². The summed E-state index contributed by atoms with van der Waals surface area (Å²) in [7, 11) is -0.847. The van der Waals surface area contributed by atoms with E-state index in [1.807, 2.05) is 26.8 Å². The van der Waals surface area contributed by atoms with Gasteiger partial charge in [-0.3, -0.25) is 4.72 Å². The molecule has 0 radical (unpaired) electrons. The van der Waals surface area contributed by atoms with Crippen molar-refractivity contribution in [3.63, 3.8) is 0 Å². The molecule has 5 nitrogen and oxygen atoms in total. The molecule has 6 heteroatoms. The lowest BCUT2D eigenvalue weighted by Crippen LogP contribution is -2.14. The average molecular weight is 335 g/mol. The highest BCUT2D eigenvalue weighted by molar-refractivity contribution is 7.92. The fraction of sp³-hybridized carbons (Fsp3) is 0.294. The smallest absolute Gasteiger partial charge is 0.265 e. The zero-order valence-electron chi connectivity index (χ0n) is 13.9. The highest BCUT2D eigenvalue weighted by Gasteiger charge is 2.22. The van der Waals surface area contributed by atoms with Crippen molar-refractivity contribution >= 4 is 15.7 Å². The van der Waals surface area contributed by atoms with E-state index >= 15 is 0 Å². The maximum Gasteiger partial charge on any atom is 0.265 e. The quantitative estimate of drug-likeness (QED) is 0.909. The minimum atomic E-state index is -3.79. The van der Waals surface area contributed by atoms with Gasteiger partial charge in [-0.1, -0.05) is 6.07 Å². The average Bonchev–Trinajstić information content (AvgIpc) is 2.50. The summed E-state index contributed by atoms with van der Waals surface area (Å²) >= 11 is 0. The summed E-state index contributed by atoms with van der Waals surface area (Å²) in [6.45, 7) is 5.73. The zero-order valence-corrected chi connectivity index (χ0v) is 14.7. The second kappa shape index (κ2) is 6.50. The molecule has 23 heavy (non-hydrogen) atoms. The lowest BCUT2D eigenvalue weighted by atomic mass is 10.1. The van der Waals surface area contributed by atoms with Gasteiger partial charge < -0.3 is 9.47 Å². The summed E-state index contributed by atoms with van der Waals surface area (Å²) in [4.78, 5) is 0.0423. The largest absolute Gasteiger partial charge is 0.496 e. The highest BCUT2D eigenvalue weighted by atomic mass is 32.2. The molecule has 0 atom stereocenters. The third-order valence-electron chi connectivity index (χ3n) is 3.73. The first-order valence-corrected chi connectivity index (χ1v) is 8.59. The lowest BCUT2D eigenvalue weighted by Gasteiger charge is -2.15. The van der Waals surface area contributed by atoms with Crippen LogP contribution >= 0.6 is 0 Å². The molecule has 0 saturated heterocycles. The Labute approximate surface area is 137 Å². The number of methoxy groups -OCH3 is 2. The van der Waals surface area contributed by atoms with Crippen LogP contribution in [-0.2, 0) is 10.0 Å². The van der Waals surface area contributed by atoms with Gasteiger partial charge in [0, 0.05) is 11.8 Å². The molecule has 2 rings (SSSR count). The van der Waals surface area contributed by atoms with E-state index in [1.165, 1.54) is 20.3 Å². The van der Waals surface area contributed by atoms with Crippen molar-refractivity contribution in [2.24, 2.45) is 0 Å². The van der Waals surface area contributed by atoms with Crippen LogP contribution < -0.4 is 14.2 Å². The van der Waals surface area contributed by atoms with Gasteiger partial charge in [0.25, 0.3) is 10.0 Å². The van der Waals surface area contributed by atoms with E-state index in [1.54, 1.807) is 18.2 Å². The number of hydrogen-bond donors (Lipinski definition) is 1. The molecule has 0 aliphatic heterocycles. The van der Waals surface area contributed by atoms with Crippen molar-refractivity contribution in [2.75, 3.05) is 18.9 Å². The lowest BCUT2D eigenvalue weighted by molar-refractivity contribution is 0.390. The number of benzene rings is 2. The fourth-order valence-electron chi connectivity index (χ4n) is 2.25. The minimum absolute atomic E-state index is 0.0423. The third-order valence-corrected chi connectivity index (χ3v) is 5.13. The first-order valence-electron chi connectivity index (χ1n) is 7.11. The Bertz CT molecular complexity index is 829. The number of rotatable bonds is 5. The van der Waals surface area contributed by atoms with Crippen molar-refractivity contribution in [3.8, 4) is 11.5 Å². The Morgan fingerprint density at radius 3 is 2.04 bits per heavy atom. The summed E-state index contributed by atoms with van der Waals surface area (Å²) in [5.41, 5.74) is 3.42. The second-order valence-corrected chi connectivity index (χ2v) is 7.03. The Balaban J connectivity index is 2.48. The van der Waals surface area contributed by atoms with Crippen molar-refractivity contribution in [1.29, 1.82) is 0 Å². The molecule has 0 fully saturated rings. The van der Waals surface area contributed by atoms with Gasteiger partial charge in [0.2, 0.25) is 0 Å². The van der Waals surface area contributed by atoms with E-state index < -0.39 is 10.0 Å². The first kappa shape index (κ1) is 17.1. The molecule has 2 aromatic rings. The molecule has 0 aliphatic carbocycles. The molecule has 2 aromatic carbocycles. The number of ether oxygens (including phenoxy) is 2. The highest BCUT2D eigenvalue weighted by Crippen LogP contribution is 2.32. The van der Waals surface area contributed by atoms with Gasteiger partial charge in [-0.15, -0.1) is 0 Å². The standard InChI is InChI=1S/C17H21NO4S/c1-11-6-7-14(8-12(11)2)18-23(19,20)17-10-15(21-4)13(3)9-16(17)22-5/h6-10,18H,1-5H3. The third kappa shape index (κ3) is 3.59. The van der Waals surface area contributed by atoms with Crippen molar-refractivity contribution in [2.45, 2.75) is 25.7 Å². The minimum Gasteiger partial charge on any atom is -0.496 e. The zero-order chi connectivity index (χ0) is 17.2. The van der Waals surface area contributed by atoms with Crippen molar-refractivity contribution < 1.29 is 17.9 Å². The van der Waals surface area contributed by atoms with E-state index in [-0.39, 0.29) is 10.6 Å². The fourth-order valence-corrected chi connectivity index (χ4v) is 3.46.